The predicted molar refractivity (Wildman–Crippen MR) is 112 cm³/mol. The third-order valence-corrected chi connectivity index (χ3v) is 5.56. The molecule has 1 N–H and O–H groups in total. The molecular formula is C22H31N5O3. The Morgan fingerprint density at radius 1 is 1.13 bits per heavy atom. The first-order valence-corrected chi connectivity index (χ1v) is 10.8. The van der Waals surface area contributed by atoms with Crippen LogP contribution in [0.1, 0.15) is 50.4 Å². The van der Waals surface area contributed by atoms with Crippen LogP contribution in [0.5, 0.6) is 11.5 Å². The number of aromatic nitrogens is 3. The molecule has 162 valence electrons. The summed E-state index contributed by atoms with van der Waals surface area (Å²) < 4.78 is 13.5. The Balaban J connectivity index is 1.45. The van der Waals surface area contributed by atoms with Gasteiger partial charge in [-0.15, -0.1) is 10.2 Å². The van der Waals surface area contributed by atoms with Crippen LogP contribution in [0.25, 0.3) is 0 Å². The van der Waals surface area contributed by atoms with Crippen LogP contribution in [0.3, 0.4) is 0 Å². The van der Waals surface area contributed by atoms with Crippen LogP contribution in [0.4, 0.5) is 0 Å². The van der Waals surface area contributed by atoms with Gasteiger partial charge < -0.3 is 19.4 Å². The third kappa shape index (κ3) is 4.75. The summed E-state index contributed by atoms with van der Waals surface area (Å²) in [6.45, 7) is 10.6. The van der Waals surface area contributed by atoms with Gasteiger partial charge in [0, 0.05) is 39.5 Å². The lowest BCUT2D eigenvalue weighted by Gasteiger charge is -2.23. The zero-order chi connectivity index (χ0) is 21.1. The standard InChI is InChI=1S/C22H31N5O3/c1-15(2)12-18(23-16(3)28)22-25-24-21-6-7-26(8-9-27(21)22)14-17-4-5-19-20(13-17)30-11-10-29-19/h4-5,13,15,18H,6-12,14H2,1-3H3,(H,23,28). The zero-order valence-corrected chi connectivity index (χ0v) is 18.1. The summed E-state index contributed by atoms with van der Waals surface area (Å²) in [5.74, 6) is 3.94. The van der Waals surface area contributed by atoms with Gasteiger partial charge in [0.1, 0.15) is 19.0 Å². The van der Waals surface area contributed by atoms with E-state index in [1.807, 2.05) is 6.07 Å². The van der Waals surface area contributed by atoms with Crippen molar-refractivity contribution < 1.29 is 14.3 Å². The van der Waals surface area contributed by atoms with Gasteiger partial charge in [-0.05, 0) is 30.0 Å². The van der Waals surface area contributed by atoms with E-state index in [0.29, 0.717) is 19.1 Å². The van der Waals surface area contributed by atoms with Gasteiger partial charge in [0.2, 0.25) is 5.91 Å². The molecule has 8 heteroatoms. The van der Waals surface area contributed by atoms with Crippen molar-refractivity contribution >= 4 is 5.91 Å². The van der Waals surface area contributed by atoms with Gasteiger partial charge in [0.05, 0.1) is 6.04 Å². The Morgan fingerprint density at radius 2 is 1.93 bits per heavy atom. The number of hydrogen-bond donors (Lipinski definition) is 1. The number of ether oxygens (including phenoxy) is 2. The zero-order valence-electron chi connectivity index (χ0n) is 18.1. The highest BCUT2D eigenvalue weighted by Gasteiger charge is 2.25. The van der Waals surface area contributed by atoms with Gasteiger partial charge >= 0.3 is 0 Å². The molecule has 4 rings (SSSR count). The number of hydrogen-bond acceptors (Lipinski definition) is 6. The van der Waals surface area contributed by atoms with Crippen molar-refractivity contribution in [3.8, 4) is 11.5 Å². The summed E-state index contributed by atoms with van der Waals surface area (Å²) in [4.78, 5) is 14.2. The highest BCUT2D eigenvalue weighted by Crippen LogP contribution is 2.31. The molecule has 2 aliphatic rings. The Morgan fingerprint density at radius 3 is 2.70 bits per heavy atom. The van der Waals surface area contributed by atoms with Crippen molar-refractivity contribution in [3.63, 3.8) is 0 Å². The summed E-state index contributed by atoms with van der Waals surface area (Å²) in [6, 6.07) is 6.09. The van der Waals surface area contributed by atoms with Crippen molar-refractivity contribution in [2.45, 2.75) is 52.7 Å². The van der Waals surface area contributed by atoms with Gasteiger partial charge in [-0.2, -0.15) is 0 Å². The molecule has 0 aliphatic carbocycles. The first kappa shape index (κ1) is 20.7. The third-order valence-electron chi connectivity index (χ3n) is 5.56. The van der Waals surface area contributed by atoms with Crippen molar-refractivity contribution in [1.29, 1.82) is 0 Å². The molecule has 30 heavy (non-hydrogen) atoms. The number of nitrogens with one attached hydrogen (secondary N) is 1. The Labute approximate surface area is 177 Å². The van der Waals surface area contributed by atoms with Crippen LogP contribution in [-0.2, 0) is 24.3 Å². The monoisotopic (exact) mass is 413 g/mol. The van der Waals surface area contributed by atoms with E-state index in [2.05, 4.69) is 51.0 Å². The molecule has 3 heterocycles. The first-order valence-electron chi connectivity index (χ1n) is 10.8. The second-order valence-electron chi connectivity index (χ2n) is 8.51. The van der Waals surface area contributed by atoms with E-state index in [4.69, 9.17) is 9.47 Å². The van der Waals surface area contributed by atoms with Gasteiger partial charge in [0.15, 0.2) is 17.3 Å². The number of fused-ring (bicyclic) bond motifs is 2. The van der Waals surface area contributed by atoms with E-state index in [1.165, 1.54) is 5.56 Å². The highest BCUT2D eigenvalue weighted by atomic mass is 16.6. The summed E-state index contributed by atoms with van der Waals surface area (Å²) in [5.41, 5.74) is 1.22. The summed E-state index contributed by atoms with van der Waals surface area (Å²) in [7, 11) is 0. The SMILES string of the molecule is CC(=O)NC(CC(C)C)c1nnc2n1CCN(Cc1ccc3c(c1)OCCO3)CC2. The molecule has 1 atom stereocenters. The molecular weight excluding hydrogens is 382 g/mol. The summed E-state index contributed by atoms with van der Waals surface area (Å²) in [6.07, 6.45) is 1.69. The van der Waals surface area contributed by atoms with E-state index >= 15 is 0 Å². The molecule has 0 radical (unpaired) electrons. The van der Waals surface area contributed by atoms with Crippen LogP contribution < -0.4 is 14.8 Å². The maximum Gasteiger partial charge on any atom is 0.217 e. The van der Waals surface area contributed by atoms with Crippen LogP contribution in [0.15, 0.2) is 18.2 Å². The van der Waals surface area contributed by atoms with Crippen LogP contribution >= 0.6 is 0 Å². The normalized spacial score (nSPS) is 17.3. The molecule has 1 aromatic heterocycles. The average molecular weight is 414 g/mol. The maximum atomic E-state index is 11.7. The summed E-state index contributed by atoms with van der Waals surface area (Å²) in [5, 5.41) is 12.0. The Bertz CT molecular complexity index is 895. The van der Waals surface area contributed by atoms with E-state index in [-0.39, 0.29) is 11.9 Å². The second-order valence-corrected chi connectivity index (χ2v) is 8.51. The molecule has 0 fully saturated rings. The van der Waals surface area contributed by atoms with Gasteiger partial charge in [-0.25, -0.2) is 0 Å². The average Bonchev–Trinajstić information content (AvgIpc) is 3.01. The van der Waals surface area contributed by atoms with E-state index in [1.54, 1.807) is 6.92 Å². The fourth-order valence-corrected chi connectivity index (χ4v) is 4.19. The summed E-state index contributed by atoms with van der Waals surface area (Å²) >= 11 is 0. The molecule has 0 saturated heterocycles. The minimum Gasteiger partial charge on any atom is -0.486 e. The lowest BCUT2D eigenvalue weighted by Crippen LogP contribution is -2.31. The molecule has 1 amide bonds. The molecule has 2 aromatic rings. The number of nitrogens with zero attached hydrogens (tertiary/aromatic N) is 4. The largest absolute Gasteiger partial charge is 0.486 e. The number of carbonyl (C=O) groups is 1. The van der Waals surface area contributed by atoms with E-state index in [0.717, 1.165) is 62.2 Å². The molecule has 8 nitrogen and oxygen atoms in total. The molecule has 0 spiro atoms. The predicted octanol–water partition coefficient (Wildman–Crippen LogP) is 2.33. The number of benzene rings is 1. The minimum absolute atomic E-state index is 0.0353. The van der Waals surface area contributed by atoms with Gasteiger partial charge in [-0.1, -0.05) is 19.9 Å². The fraction of sp³-hybridized carbons (Fsp3) is 0.591. The number of carbonyl (C=O) groups excluding carboxylic acids is 1. The van der Waals surface area contributed by atoms with Crippen molar-refractivity contribution in [2.75, 3.05) is 26.3 Å². The smallest absolute Gasteiger partial charge is 0.217 e. The van der Waals surface area contributed by atoms with Crippen LogP contribution in [0.2, 0.25) is 0 Å². The van der Waals surface area contributed by atoms with Gasteiger partial charge in [0.25, 0.3) is 0 Å². The molecule has 2 aliphatic heterocycles. The highest BCUT2D eigenvalue weighted by molar-refractivity contribution is 5.73. The van der Waals surface area contributed by atoms with Crippen molar-refractivity contribution in [1.82, 2.24) is 25.0 Å². The lowest BCUT2D eigenvalue weighted by atomic mass is 10.0. The second kappa shape index (κ2) is 9.04. The van der Waals surface area contributed by atoms with Crippen LogP contribution in [0, 0.1) is 5.92 Å². The minimum atomic E-state index is -0.104. The number of rotatable bonds is 6. The lowest BCUT2D eigenvalue weighted by molar-refractivity contribution is -0.119. The first-order chi connectivity index (χ1) is 14.5. The maximum absolute atomic E-state index is 11.7. The van der Waals surface area contributed by atoms with E-state index in [9.17, 15) is 4.79 Å². The topological polar surface area (TPSA) is 81.5 Å². The quantitative estimate of drug-likeness (QED) is 0.783. The number of amides is 1. The Kier molecular flexibility index (Phi) is 6.22. The molecule has 0 saturated carbocycles. The van der Waals surface area contributed by atoms with Gasteiger partial charge in [-0.3, -0.25) is 9.69 Å². The Hall–Kier alpha value is -2.61. The fourth-order valence-electron chi connectivity index (χ4n) is 4.19. The molecule has 1 unspecified atom stereocenters. The van der Waals surface area contributed by atoms with E-state index < -0.39 is 0 Å². The molecule has 1 aromatic carbocycles. The van der Waals surface area contributed by atoms with Crippen molar-refractivity contribution in [2.24, 2.45) is 5.92 Å². The van der Waals surface area contributed by atoms with Crippen molar-refractivity contribution in [3.05, 3.63) is 35.4 Å². The molecule has 0 bridgehead atoms. The van der Waals surface area contributed by atoms with Crippen LogP contribution in [-0.4, -0.2) is 51.9 Å².